The van der Waals surface area contributed by atoms with Crippen LogP contribution in [-0.4, -0.2) is 16.8 Å². The Bertz CT molecular complexity index is 880. The van der Waals surface area contributed by atoms with Crippen LogP contribution in [0.25, 0.3) is 10.2 Å². The first kappa shape index (κ1) is 14.8. The van der Waals surface area contributed by atoms with Crippen molar-refractivity contribution in [2.45, 2.75) is 12.8 Å². The Hall–Kier alpha value is -2.73. The lowest BCUT2D eigenvalue weighted by molar-refractivity contribution is -0.117. The van der Waals surface area contributed by atoms with Crippen LogP contribution in [0, 0.1) is 5.92 Å². The molecule has 1 aliphatic carbocycles. The van der Waals surface area contributed by atoms with Crippen molar-refractivity contribution in [3.63, 3.8) is 0 Å². The van der Waals surface area contributed by atoms with E-state index in [1.54, 1.807) is 24.3 Å². The van der Waals surface area contributed by atoms with Crippen molar-refractivity contribution >= 4 is 44.2 Å². The van der Waals surface area contributed by atoms with Gasteiger partial charge >= 0.3 is 0 Å². The van der Waals surface area contributed by atoms with Gasteiger partial charge in [-0.05, 0) is 49.2 Å². The number of nitrogens with zero attached hydrogens (tertiary/aromatic N) is 1. The molecule has 1 aromatic heterocycles. The molecule has 1 heterocycles. The second-order valence-electron chi connectivity index (χ2n) is 5.78. The molecule has 0 aliphatic heterocycles. The van der Waals surface area contributed by atoms with E-state index >= 15 is 0 Å². The highest BCUT2D eigenvalue weighted by molar-refractivity contribution is 7.22. The fourth-order valence-electron chi connectivity index (χ4n) is 2.39. The molecule has 6 heteroatoms. The predicted molar refractivity (Wildman–Crippen MR) is 95.4 cm³/mol. The first-order chi connectivity index (χ1) is 11.7. The molecule has 2 aromatic carbocycles. The topological polar surface area (TPSA) is 71.1 Å². The lowest BCUT2D eigenvalue weighted by Crippen LogP contribution is -2.14. The van der Waals surface area contributed by atoms with E-state index in [1.165, 1.54) is 11.3 Å². The number of hydrogen-bond acceptors (Lipinski definition) is 4. The second kappa shape index (κ2) is 6.05. The van der Waals surface area contributed by atoms with E-state index in [9.17, 15) is 9.59 Å². The standard InChI is InChI=1S/C18H15N3O2S/c22-16(11-5-6-11)19-13-9-7-12(8-10-13)17(23)21-18-20-14-3-1-2-4-15(14)24-18/h1-4,7-11H,5-6H2,(H,19,22)(H,20,21,23). The monoisotopic (exact) mass is 337 g/mol. The van der Waals surface area contributed by atoms with Crippen LogP contribution in [0.1, 0.15) is 23.2 Å². The number of carbonyl (C=O) groups is 2. The van der Waals surface area contributed by atoms with E-state index in [1.807, 2.05) is 24.3 Å². The number of thiazole rings is 1. The summed E-state index contributed by atoms with van der Waals surface area (Å²) >= 11 is 1.44. The fourth-order valence-corrected chi connectivity index (χ4v) is 3.25. The number of benzene rings is 2. The highest BCUT2D eigenvalue weighted by Gasteiger charge is 2.29. The van der Waals surface area contributed by atoms with Crippen molar-refractivity contribution in [3.8, 4) is 0 Å². The van der Waals surface area contributed by atoms with Crippen LogP contribution in [0.2, 0.25) is 0 Å². The Kier molecular flexibility index (Phi) is 3.74. The quantitative estimate of drug-likeness (QED) is 0.758. The van der Waals surface area contributed by atoms with Gasteiger partial charge in [-0.3, -0.25) is 14.9 Å². The largest absolute Gasteiger partial charge is 0.326 e. The smallest absolute Gasteiger partial charge is 0.257 e. The molecular weight excluding hydrogens is 322 g/mol. The Morgan fingerprint density at radius 1 is 1.00 bits per heavy atom. The highest BCUT2D eigenvalue weighted by atomic mass is 32.1. The lowest BCUT2D eigenvalue weighted by atomic mass is 10.2. The van der Waals surface area contributed by atoms with Gasteiger partial charge in [0.05, 0.1) is 10.2 Å². The van der Waals surface area contributed by atoms with Gasteiger partial charge in [0.2, 0.25) is 5.91 Å². The number of rotatable bonds is 4. The molecule has 2 amide bonds. The third kappa shape index (κ3) is 3.14. The minimum Gasteiger partial charge on any atom is -0.326 e. The molecule has 0 radical (unpaired) electrons. The van der Waals surface area contributed by atoms with Gasteiger partial charge < -0.3 is 5.32 Å². The number of anilines is 2. The second-order valence-corrected chi connectivity index (χ2v) is 6.81. The Labute approximate surface area is 142 Å². The van der Waals surface area contributed by atoms with E-state index in [-0.39, 0.29) is 17.7 Å². The Morgan fingerprint density at radius 3 is 2.46 bits per heavy atom. The van der Waals surface area contributed by atoms with Crippen molar-refractivity contribution in [1.29, 1.82) is 0 Å². The Balaban J connectivity index is 1.44. The van der Waals surface area contributed by atoms with Crippen LogP contribution < -0.4 is 10.6 Å². The summed E-state index contributed by atoms with van der Waals surface area (Å²) in [5.74, 6) is 0.00260. The molecule has 0 spiro atoms. The molecule has 24 heavy (non-hydrogen) atoms. The van der Waals surface area contributed by atoms with E-state index in [4.69, 9.17) is 0 Å². The maximum Gasteiger partial charge on any atom is 0.257 e. The molecule has 2 N–H and O–H groups in total. The van der Waals surface area contributed by atoms with Gasteiger partial charge in [0.1, 0.15) is 0 Å². The summed E-state index contributed by atoms with van der Waals surface area (Å²) in [6.45, 7) is 0. The van der Waals surface area contributed by atoms with Crippen molar-refractivity contribution in [2.24, 2.45) is 5.92 Å². The van der Waals surface area contributed by atoms with Gasteiger partial charge in [0, 0.05) is 17.2 Å². The van der Waals surface area contributed by atoms with Crippen molar-refractivity contribution < 1.29 is 9.59 Å². The molecule has 0 atom stereocenters. The van der Waals surface area contributed by atoms with E-state index < -0.39 is 0 Å². The van der Waals surface area contributed by atoms with Gasteiger partial charge in [-0.2, -0.15) is 0 Å². The molecule has 1 fully saturated rings. The highest BCUT2D eigenvalue weighted by Crippen LogP contribution is 2.30. The fraction of sp³-hybridized carbons (Fsp3) is 0.167. The zero-order chi connectivity index (χ0) is 16.5. The summed E-state index contributed by atoms with van der Waals surface area (Å²) in [5.41, 5.74) is 2.11. The van der Waals surface area contributed by atoms with Crippen LogP contribution in [0.3, 0.4) is 0 Å². The normalized spacial score (nSPS) is 13.7. The van der Waals surface area contributed by atoms with Gasteiger partial charge in [0.15, 0.2) is 5.13 Å². The average Bonchev–Trinajstić information content (AvgIpc) is 3.36. The number of fused-ring (bicyclic) bond motifs is 1. The summed E-state index contributed by atoms with van der Waals surface area (Å²) < 4.78 is 1.03. The maximum absolute atomic E-state index is 12.3. The Morgan fingerprint density at radius 2 is 1.75 bits per heavy atom. The number of aromatic nitrogens is 1. The summed E-state index contributed by atoms with van der Waals surface area (Å²) in [6, 6.07) is 14.6. The molecule has 0 bridgehead atoms. The first-order valence-corrected chi connectivity index (χ1v) is 8.58. The van der Waals surface area contributed by atoms with E-state index in [0.717, 1.165) is 23.1 Å². The van der Waals surface area contributed by atoms with Gasteiger partial charge in [-0.25, -0.2) is 4.98 Å². The third-order valence-electron chi connectivity index (χ3n) is 3.88. The predicted octanol–water partition coefficient (Wildman–Crippen LogP) is 3.90. The zero-order valence-corrected chi connectivity index (χ0v) is 13.6. The van der Waals surface area contributed by atoms with Crippen LogP contribution in [0.4, 0.5) is 10.8 Å². The van der Waals surface area contributed by atoms with Gasteiger partial charge in [-0.1, -0.05) is 23.5 Å². The van der Waals surface area contributed by atoms with Crippen molar-refractivity contribution in [1.82, 2.24) is 4.98 Å². The molecule has 0 saturated heterocycles. The molecule has 3 aromatic rings. The number of nitrogens with one attached hydrogen (secondary N) is 2. The number of amides is 2. The molecule has 1 saturated carbocycles. The number of para-hydroxylation sites is 1. The summed E-state index contributed by atoms with van der Waals surface area (Å²) in [6.07, 6.45) is 1.93. The van der Waals surface area contributed by atoms with Crippen LogP contribution in [0.5, 0.6) is 0 Å². The minimum absolute atomic E-state index is 0.0571. The first-order valence-electron chi connectivity index (χ1n) is 7.77. The van der Waals surface area contributed by atoms with Crippen LogP contribution in [0.15, 0.2) is 48.5 Å². The maximum atomic E-state index is 12.3. The average molecular weight is 337 g/mol. The van der Waals surface area contributed by atoms with E-state index in [0.29, 0.717) is 16.4 Å². The zero-order valence-electron chi connectivity index (χ0n) is 12.8. The van der Waals surface area contributed by atoms with E-state index in [2.05, 4.69) is 15.6 Å². The van der Waals surface area contributed by atoms with Crippen LogP contribution in [-0.2, 0) is 4.79 Å². The SMILES string of the molecule is O=C(Nc1nc2ccccc2s1)c1ccc(NC(=O)C2CC2)cc1. The molecule has 120 valence electrons. The molecule has 4 rings (SSSR count). The third-order valence-corrected chi connectivity index (χ3v) is 4.83. The molecule has 1 aliphatic rings. The minimum atomic E-state index is -0.214. The van der Waals surface area contributed by atoms with Crippen molar-refractivity contribution in [3.05, 3.63) is 54.1 Å². The number of carbonyl (C=O) groups excluding carboxylic acids is 2. The summed E-state index contributed by atoms with van der Waals surface area (Å²) in [4.78, 5) is 28.4. The molecular formula is C18H15N3O2S. The summed E-state index contributed by atoms with van der Waals surface area (Å²) in [5, 5.41) is 6.25. The van der Waals surface area contributed by atoms with Gasteiger partial charge in [-0.15, -0.1) is 0 Å². The molecule has 5 nitrogen and oxygen atoms in total. The molecule has 0 unspecified atom stereocenters. The number of hydrogen-bond donors (Lipinski definition) is 2. The van der Waals surface area contributed by atoms with Crippen molar-refractivity contribution in [2.75, 3.05) is 10.6 Å². The summed E-state index contributed by atoms with van der Waals surface area (Å²) in [7, 11) is 0. The lowest BCUT2D eigenvalue weighted by Gasteiger charge is -2.05. The van der Waals surface area contributed by atoms with Gasteiger partial charge in [0.25, 0.3) is 5.91 Å². The van der Waals surface area contributed by atoms with Crippen LogP contribution >= 0.6 is 11.3 Å².